The van der Waals surface area contributed by atoms with E-state index in [1.807, 2.05) is 0 Å². The highest BCUT2D eigenvalue weighted by atomic mass is 32.2. The van der Waals surface area contributed by atoms with Gasteiger partial charge >= 0.3 is 0 Å². The van der Waals surface area contributed by atoms with Gasteiger partial charge in [-0.05, 0) is 25.2 Å². The van der Waals surface area contributed by atoms with Crippen LogP contribution in [0.15, 0.2) is 5.16 Å². The molecule has 0 aromatic carbocycles. The van der Waals surface area contributed by atoms with Crippen molar-refractivity contribution in [2.75, 3.05) is 5.75 Å². The SMILES string of the molecule is O=C(CSc1n[nH]c(CCC2CCCC2)n1)NC1CCCCCC1. The molecule has 2 aliphatic rings. The zero-order valence-electron chi connectivity index (χ0n) is 14.6. The molecule has 0 radical (unpaired) electrons. The molecule has 2 fully saturated rings. The Bertz CT molecular complexity index is 505. The van der Waals surface area contributed by atoms with Crippen molar-refractivity contribution in [2.45, 2.75) is 88.2 Å². The Labute approximate surface area is 149 Å². The van der Waals surface area contributed by atoms with Crippen molar-refractivity contribution >= 4 is 17.7 Å². The smallest absolute Gasteiger partial charge is 0.230 e. The number of nitrogens with zero attached hydrogens (tertiary/aromatic N) is 2. The van der Waals surface area contributed by atoms with E-state index in [9.17, 15) is 4.79 Å². The molecule has 0 spiro atoms. The number of thioether (sulfide) groups is 1. The first-order chi connectivity index (χ1) is 11.8. The molecular formula is C18H30N4OS. The van der Waals surface area contributed by atoms with Crippen LogP contribution in [0.4, 0.5) is 0 Å². The molecule has 0 unspecified atom stereocenters. The maximum atomic E-state index is 12.1. The van der Waals surface area contributed by atoms with Gasteiger partial charge in [0.1, 0.15) is 5.82 Å². The number of H-pyrrole nitrogens is 1. The predicted molar refractivity (Wildman–Crippen MR) is 97.0 cm³/mol. The van der Waals surface area contributed by atoms with Gasteiger partial charge in [0.2, 0.25) is 11.1 Å². The Kier molecular flexibility index (Phi) is 6.99. The lowest BCUT2D eigenvalue weighted by molar-refractivity contribution is -0.119. The van der Waals surface area contributed by atoms with Crippen molar-refractivity contribution in [3.8, 4) is 0 Å². The molecule has 1 aromatic heterocycles. The Balaban J connectivity index is 1.35. The molecule has 2 N–H and O–H groups in total. The van der Waals surface area contributed by atoms with E-state index in [0.29, 0.717) is 17.0 Å². The van der Waals surface area contributed by atoms with Gasteiger partial charge in [-0.2, -0.15) is 0 Å². The van der Waals surface area contributed by atoms with E-state index in [4.69, 9.17) is 0 Å². The highest BCUT2D eigenvalue weighted by molar-refractivity contribution is 7.99. The van der Waals surface area contributed by atoms with Crippen LogP contribution in [-0.2, 0) is 11.2 Å². The number of carbonyl (C=O) groups excluding carboxylic acids is 1. The molecule has 2 saturated carbocycles. The van der Waals surface area contributed by atoms with Crippen molar-refractivity contribution in [3.05, 3.63) is 5.82 Å². The Morgan fingerprint density at radius 1 is 1.08 bits per heavy atom. The molecule has 1 aromatic rings. The summed E-state index contributed by atoms with van der Waals surface area (Å²) in [6.07, 6.45) is 15.1. The molecule has 3 rings (SSSR count). The summed E-state index contributed by atoms with van der Waals surface area (Å²) >= 11 is 1.44. The van der Waals surface area contributed by atoms with E-state index in [2.05, 4.69) is 20.5 Å². The first-order valence-electron chi connectivity index (χ1n) is 9.63. The molecule has 2 aliphatic carbocycles. The fraction of sp³-hybridized carbons (Fsp3) is 0.833. The lowest BCUT2D eigenvalue weighted by Crippen LogP contribution is -2.35. The number of aromatic amines is 1. The maximum absolute atomic E-state index is 12.1. The second kappa shape index (κ2) is 9.44. The summed E-state index contributed by atoms with van der Waals surface area (Å²) in [7, 11) is 0. The number of amides is 1. The van der Waals surface area contributed by atoms with E-state index in [0.717, 1.165) is 31.0 Å². The molecular weight excluding hydrogens is 320 g/mol. The molecule has 1 heterocycles. The Morgan fingerprint density at radius 2 is 1.79 bits per heavy atom. The van der Waals surface area contributed by atoms with Gasteiger partial charge in [0.05, 0.1) is 5.75 Å². The molecule has 0 aliphatic heterocycles. The third-order valence-corrected chi connectivity index (χ3v) is 6.18. The van der Waals surface area contributed by atoms with Crippen LogP contribution < -0.4 is 5.32 Å². The number of nitrogens with one attached hydrogen (secondary N) is 2. The lowest BCUT2D eigenvalue weighted by Gasteiger charge is -2.15. The van der Waals surface area contributed by atoms with Gasteiger partial charge in [0.15, 0.2) is 0 Å². The summed E-state index contributed by atoms with van der Waals surface area (Å²) in [4.78, 5) is 16.6. The minimum Gasteiger partial charge on any atom is -0.353 e. The zero-order chi connectivity index (χ0) is 16.6. The third kappa shape index (κ3) is 5.80. The van der Waals surface area contributed by atoms with E-state index in [1.165, 1.54) is 69.5 Å². The first kappa shape index (κ1) is 17.8. The topological polar surface area (TPSA) is 70.7 Å². The van der Waals surface area contributed by atoms with Gasteiger partial charge in [-0.1, -0.05) is 63.1 Å². The largest absolute Gasteiger partial charge is 0.353 e. The number of aromatic nitrogens is 3. The average molecular weight is 351 g/mol. The van der Waals surface area contributed by atoms with E-state index >= 15 is 0 Å². The van der Waals surface area contributed by atoms with E-state index in [1.54, 1.807) is 0 Å². The van der Waals surface area contributed by atoms with Crippen molar-refractivity contribution in [1.29, 1.82) is 0 Å². The Hall–Kier alpha value is -1.04. The lowest BCUT2D eigenvalue weighted by atomic mass is 10.0. The highest BCUT2D eigenvalue weighted by Gasteiger charge is 2.17. The molecule has 5 nitrogen and oxygen atoms in total. The number of hydrogen-bond donors (Lipinski definition) is 2. The minimum absolute atomic E-state index is 0.115. The van der Waals surface area contributed by atoms with Gasteiger partial charge in [0, 0.05) is 12.5 Å². The van der Waals surface area contributed by atoms with Crippen molar-refractivity contribution in [1.82, 2.24) is 20.5 Å². The Morgan fingerprint density at radius 3 is 2.54 bits per heavy atom. The summed E-state index contributed by atoms with van der Waals surface area (Å²) in [5.41, 5.74) is 0. The maximum Gasteiger partial charge on any atom is 0.230 e. The summed E-state index contributed by atoms with van der Waals surface area (Å²) in [5, 5.41) is 11.1. The van der Waals surface area contributed by atoms with Crippen LogP contribution in [0, 0.1) is 5.92 Å². The number of rotatable bonds is 7. The van der Waals surface area contributed by atoms with Crippen LogP contribution in [0.25, 0.3) is 0 Å². The van der Waals surface area contributed by atoms with Crippen LogP contribution >= 0.6 is 11.8 Å². The highest BCUT2D eigenvalue weighted by Crippen LogP contribution is 2.28. The van der Waals surface area contributed by atoms with Gasteiger partial charge in [-0.3, -0.25) is 9.89 Å². The second-order valence-electron chi connectivity index (χ2n) is 7.30. The number of hydrogen-bond acceptors (Lipinski definition) is 4. The zero-order valence-corrected chi connectivity index (χ0v) is 15.4. The molecule has 134 valence electrons. The molecule has 0 saturated heterocycles. The van der Waals surface area contributed by atoms with Crippen molar-refractivity contribution < 1.29 is 4.79 Å². The van der Waals surface area contributed by atoms with Crippen LogP contribution in [0.3, 0.4) is 0 Å². The van der Waals surface area contributed by atoms with Gasteiger partial charge in [-0.25, -0.2) is 4.98 Å². The quantitative estimate of drug-likeness (QED) is 0.579. The van der Waals surface area contributed by atoms with Crippen LogP contribution in [0.5, 0.6) is 0 Å². The summed E-state index contributed by atoms with van der Waals surface area (Å²) in [6.45, 7) is 0. The predicted octanol–water partition coefficient (Wildman–Crippen LogP) is 3.86. The summed E-state index contributed by atoms with van der Waals surface area (Å²) < 4.78 is 0. The monoisotopic (exact) mass is 350 g/mol. The van der Waals surface area contributed by atoms with Gasteiger partial charge in [0.25, 0.3) is 0 Å². The van der Waals surface area contributed by atoms with E-state index in [-0.39, 0.29) is 5.91 Å². The van der Waals surface area contributed by atoms with E-state index < -0.39 is 0 Å². The van der Waals surface area contributed by atoms with Crippen LogP contribution in [0.1, 0.15) is 76.5 Å². The van der Waals surface area contributed by atoms with Crippen LogP contribution in [0.2, 0.25) is 0 Å². The van der Waals surface area contributed by atoms with Crippen molar-refractivity contribution in [3.63, 3.8) is 0 Å². The normalized spacial score (nSPS) is 20.2. The summed E-state index contributed by atoms with van der Waals surface area (Å²) in [5.74, 6) is 2.37. The molecule has 6 heteroatoms. The molecule has 1 amide bonds. The fourth-order valence-electron chi connectivity index (χ4n) is 3.92. The minimum atomic E-state index is 0.115. The van der Waals surface area contributed by atoms with Gasteiger partial charge < -0.3 is 5.32 Å². The molecule has 0 bridgehead atoms. The fourth-order valence-corrected chi connectivity index (χ4v) is 4.55. The first-order valence-corrected chi connectivity index (χ1v) is 10.6. The molecule has 24 heavy (non-hydrogen) atoms. The molecule has 0 atom stereocenters. The standard InChI is InChI=1S/C18H30N4OS/c23-17(19-15-9-3-1-2-4-10-15)13-24-18-20-16(21-22-18)12-11-14-7-5-6-8-14/h14-15H,1-13H2,(H,19,23)(H,20,21,22). The van der Waals surface area contributed by atoms with Gasteiger partial charge in [-0.15, -0.1) is 5.10 Å². The van der Waals surface area contributed by atoms with Crippen LogP contribution in [-0.4, -0.2) is 32.9 Å². The second-order valence-corrected chi connectivity index (χ2v) is 8.24. The summed E-state index contributed by atoms with van der Waals surface area (Å²) in [6, 6.07) is 0.370. The number of carbonyl (C=O) groups is 1. The number of aryl methyl sites for hydroxylation is 1. The van der Waals surface area contributed by atoms with Crippen molar-refractivity contribution in [2.24, 2.45) is 5.92 Å². The third-order valence-electron chi connectivity index (χ3n) is 5.33. The average Bonchev–Trinajstić information content (AvgIpc) is 3.19.